The third kappa shape index (κ3) is 4.04. The first-order valence-corrected chi connectivity index (χ1v) is 6.49. The Morgan fingerprint density at radius 2 is 1.71 bits per heavy atom. The largest absolute Gasteiger partial charge is 0.419 e. The van der Waals surface area contributed by atoms with Crippen LogP contribution in [0.3, 0.4) is 0 Å². The second-order valence-electron chi connectivity index (χ2n) is 4.84. The summed E-state index contributed by atoms with van der Waals surface area (Å²) in [4.78, 5) is 0. The van der Waals surface area contributed by atoms with Crippen LogP contribution in [0.15, 0.2) is 42.5 Å². The van der Waals surface area contributed by atoms with E-state index in [4.69, 9.17) is 0 Å². The van der Waals surface area contributed by atoms with Crippen molar-refractivity contribution in [2.24, 2.45) is 0 Å². The van der Waals surface area contributed by atoms with E-state index in [2.05, 4.69) is 5.32 Å². The van der Waals surface area contributed by atoms with Crippen molar-refractivity contribution in [2.45, 2.75) is 26.2 Å². The first-order chi connectivity index (χ1) is 9.88. The summed E-state index contributed by atoms with van der Waals surface area (Å²) in [7, 11) is 0. The zero-order chi connectivity index (χ0) is 15.5. The minimum Gasteiger partial charge on any atom is -0.309 e. The van der Waals surface area contributed by atoms with Gasteiger partial charge in [0.1, 0.15) is 5.82 Å². The zero-order valence-corrected chi connectivity index (χ0v) is 11.5. The Hall–Kier alpha value is -1.88. The van der Waals surface area contributed by atoms with Gasteiger partial charge in [-0.3, -0.25) is 0 Å². The second-order valence-corrected chi connectivity index (χ2v) is 4.84. The Morgan fingerprint density at radius 3 is 2.38 bits per heavy atom. The maximum atomic E-state index is 13.2. The molecule has 2 rings (SSSR count). The van der Waals surface area contributed by atoms with Crippen LogP contribution >= 0.6 is 0 Å². The van der Waals surface area contributed by atoms with Crippen molar-refractivity contribution >= 4 is 0 Å². The van der Waals surface area contributed by atoms with Gasteiger partial charge in [0.05, 0.1) is 5.56 Å². The van der Waals surface area contributed by atoms with Gasteiger partial charge in [-0.25, -0.2) is 4.39 Å². The predicted molar refractivity (Wildman–Crippen MR) is 73.1 cm³/mol. The van der Waals surface area contributed by atoms with Crippen LogP contribution in [-0.2, 0) is 19.3 Å². The number of nitrogens with one attached hydrogen (secondary N) is 1. The van der Waals surface area contributed by atoms with Crippen molar-refractivity contribution < 1.29 is 17.6 Å². The third-order valence-corrected chi connectivity index (χ3v) is 3.24. The molecule has 0 atom stereocenters. The normalized spacial score (nSPS) is 11.7. The molecule has 2 aromatic carbocycles. The maximum absolute atomic E-state index is 13.2. The molecule has 0 aliphatic rings. The molecule has 0 saturated heterocycles. The molecule has 0 aliphatic carbocycles. The quantitative estimate of drug-likeness (QED) is 0.823. The average molecular weight is 297 g/mol. The predicted octanol–water partition coefficient (Wildman–Crippen LogP) is 4.44. The highest BCUT2D eigenvalue weighted by atomic mass is 19.4. The molecule has 21 heavy (non-hydrogen) atoms. The van der Waals surface area contributed by atoms with E-state index in [0.717, 1.165) is 23.3 Å². The number of halogens is 4. The van der Waals surface area contributed by atoms with E-state index in [1.807, 2.05) is 31.2 Å². The monoisotopic (exact) mass is 297 g/mol. The summed E-state index contributed by atoms with van der Waals surface area (Å²) in [6.45, 7) is 2.76. The van der Waals surface area contributed by atoms with Crippen molar-refractivity contribution in [2.75, 3.05) is 0 Å². The number of rotatable bonds is 4. The Labute approximate surface area is 120 Å². The van der Waals surface area contributed by atoms with E-state index in [-0.39, 0.29) is 6.54 Å². The van der Waals surface area contributed by atoms with Crippen molar-refractivity contribution in [3.8, 4) is 0 Å². The first-order valence-electron chi connectivity index (χ1n) is 6.49. The van der Waals surface area contributed by atoms with Crippen LogP contribution in [0, 0.1) is 12.7 Å². The van der Waals surface area contributed by atoms with Gasteiger partial charge >= 0.3 is 6.18 Å². The maximum Gasteiger partial charge on any atom is 0.419 e. The number of alkyl halides is 3. The SMILES string of the molecule is Cc1ccccc1CNCc1ccc(F)c(C(F)(F)F)c1. The molecule has 0 heterocycles. The standard InChI is InChI=1S/C16H15F4N/c1-11-4-2-3-5-13(11)10-21-9-12-6-7-15(17)14(8-12)16(18,19)20/h2-8,21H,9-10H2,1H3. The van der Waals surface area contributed by atoms with Crippen molar-refractivity contribution in [1.82, 2.24) is 5.32 Å². The molecule has 2 aromatic rings. The molecule has 0 saturated carbocycles. The fraction of sp³-hybridized carbons (Fsp3) is 0.250. The summed E-state index contributed by atoms with van der Waals surface area (Å²) >= 11 is 0. The van der Waals surface area contributed by atoms with E-state index in [9.17, 15) is 17.6 Å². The number of hydrogen-bond donors (Lipinski definition) is 1. The highest BCUT2D eigenvalue weighted by Gasteiger charge is 2.34. The lowest BCUT2D eigenvalue weighted by atomic mass is 10.1. The lowest BCUT2D eigenvalue weighted by Crippen LogP contribution is -2.15. The Balaban J connectivity index is 2.03. The van der Waals surface area contributed by atoms with Gasteiger partial charge in [0.25, 0.3) is 0 Å². The van der Waals surface area contributed by atoms with Gasteiger partial charge in [0.2, 0.25) is 0 Å². The van der Waals surface area contributed by atoms with Gasteiger partial charge in [-0.15, -0.1) is 0 Å². The molecule has 112 valence electrons. The minimum absolute atomic E-state index is 0.248. The van der Waals surface area contributed by atoms with E-state index in [1.54, 1.807) is 0 Å². The van der Waals surface area contributed by atoms with Crippen molar-refractivity contribution in [3.63, 3.8) is 0 Å². The summed E-state index contributed by atoms with van der Waals surface area (Å²) in [5.74, 6) is -1.25. The van der Waals surface area contributed by atoms with Gasteiger partial charge in [-0.1, -0.05) is 30.3 Å². The van der Waals surface area contributed by atoms with Crippen molar-refractivity contribution in [3.05, 3.63) is 70.5 Å². The number of hydrogen-bond acceptors (Lipinski definition) is 1. The van der Waals surface area contributed by atoms with Gasteiger partial charge in [0.15, 0.2) is 0 Å². The summed E-state index contributed by atoms with van der Waals surface area (Å²) in [6.07, 6.45) is -4.67. The third-order valence-electron chi connectivity index (χ3n) is 3.24. The number of benzene rings is 2. The molecule has 0 fully saturated rings. The van der Waals surface area contributed by atoms with Gasteiger partial charge in [-0.05, 0) is 35.7 Å². The van der Waals surface area contributed by atoms with Crippen LogP contribution in [-0.4, -0.2) is 0 Å². The molecule has 1 N–H and O–H groups in total. The lowest BCUT2D eigenvalue weighted by Gasteiger charge is -2.11. The Bertz CT molecular complexity index is 620. The molecule has 0 radical (unpaired) electrons. The molecule has 5 heteroatoms. The summed E-state index contributed by atoms with van der Waals surface area (Å²) in [5, 5.41) is 3.07. The van der Waals surface area contributed by atoms with E-state index < -0.39 is 17.6 Å². The van der Waals surface area contributed by atoms with Gasteiger partial charge < -0.3 is 5.32 Å². The van der Waals surface area contributed by atoms with E-state index >= 15 is 0 Å². The van der Waals surface area contributed by atoms with Crippen LogP contribution in [0.25, 0.3) is 0 Å². The minimum atomic E-state index is -4.67. The summed E-state index contributed by atoms with van der Waals surface area (Å²) in [6, 6.07) is 10.8. The fourth-order valence-corrected chi connectivity index (χ4v) is 2.05. The fourth-order valence-electron chi connectivity index (χ4n) is 2.05. The molecule has 0 aromatic heterocycles. The Morgan fingerprint density at radius 1 is 1.00 bits per heavy atom. The van der Waals surface area contributed by atoms with E-state index in [1.165, 1.54) is 6.07 Å². The highest BCUT2D eigenvalue weighted by Crippen LogP contribution is 2.31. The van der Waals surface area contributed by atoms with Crippen LogP contribution < -0.4 is 5.32 Å². The Kier molecular flexibility index (Phi) is 4.63. The molecule has 0 amide bonds. The molecular formula is C16H15F4N. The van der Waals surface area contributed by atoms with Crippen LogP contribution in [0.2, 0.25) is 0 Å². The molecule has 0 aliphatic heterocycles. The smallest absolute Gasteiger partial charge is 0.309 e. The first kappa shape index (κ1) is 15.5. The highest BCUT2D eigenvalue weighted by molar-refractivity contribution is 5.28. The summed E-state index contributed by atoms with van der Waals surface area (Å²) in [5.41, 5.74) is 1.37. The molecule has 1 nitrogen and oxygen atoms in total. The molecular weight excluding hydrogens is 282 g/mol. The van der Waals surface area contributed by atoms with Crippen LogP contribution in [0.1, 0.15) is 22.3 Å². The second kappa shape index (κ2) is 6.26. The van der Waals surface area contributed by atoms with Gasteiger partial charge in [-0.2, -0.15) is 13.2 Å². The zero-order valence-electron chi connectivity index (χ0n) is 11.5. The summed E-state index contributed by atoms with van der Waals surface area (Å²) < 4.78 is 51.0. The van der Waals surface area contributed by atoms with Crippen LogP contribution in [0.4, 0.5) is 17.6 Å². The topological polar surface area (TPSA) is 12.0 Å². The molecule has 0 bridgehead atoms. The lowest BCUT2D eigenvalue weighted by molar-refractivity contribution is -0.140. The van der Waals surface area contributed by atoms with Crippen molar-refractivity contribution in [1.29, 1.82) is 0 Å². The van der Waals surface area contributed by atoms with Gasteiger partial charge in [0, 0.05) is 13.1 Å². The molecule has 0 unspecified atom stereocenters. The van der Waals surface area contributed by atoms with Crippen LogP contribution in [0.5, 0.6) is 0 Å². The molecule has 0 spiro atoms. The van der Waals surface area contributed by atoms with E-state index in [0.29, 0.717) is 12.1 Å². The number of aryl methyl sites for hydroxylation is 1. The average Bonchev–Trinajstić information content (AvgIpc) is 2.41.